The second kappa shape index (κ2) is 5.07. The number of pyridine rings is 1. The molecule has 0 aliphatic heterocycles. The van der Waals surface area contributed by atoms with Crippen molar-refractivity contribution in [1.82, 2.24) is 10.4 Å². The second-order valence-corrected chi connectivity index (χ2v) is 4.11. The lowest BCUT2D eigenvalue weighted by atomic mass is 10.1. The molecule has 0 fully saturated rings. The lowest BCUT2D eigenvalue weighted by Gasteiger charge is -2.02. The van der Waals surface area contributed by atoms with Crippen molar-refractivity contribution in [2.24, 2.45) is 10.8 Å². The molecule has 1 heterocycles. The molecule has 0 saturated carbocycles. The molecule has 0 spiro atoms. The Balaban J connectivity index is 2.44. The van der Waals surface area contributed by atoms with Crippen molar-refractivity contribution in [2.75, 3.05) is 0 Å². The lowest BCUT2D eigenvalue weighted by molar-refractivity contribution is 1.04. The minimum absolute atomic E-state index is 0.111. The summed E-state index contributed by atoms with van der Waals surface area (Å²) in [7, 11) is 0. The number of nitrogens with one attached hydrogen (secondary N) is 1. The lowest BCUT2D eigenvalue weighted by Crippen LogP contribution is -2.24. The summed E-state index contributed by atoms with van der Waals surface area (Å²) in [6.07, 6.45) is 3.23. The van der Waals surface area contributed by atoms with Crippen LogP contribution in [0.2, 0.25) is 5.02 Å². The summed E-state index contributed by atoms with van der Waals surface area (Å²) in [6, 6.07) is 7.48. The van der Waals surface area contributed by atoms with Crippen molar-refractivity contribution in [2.45, 2.75) is 0 Å². The summed E-state index contributed by atoms with van der Waals surface area (Å²) in [5.41, 5.74) is 8.44. The van der Waals surface area contributed by atoms with Crippen molar-refractivity contribution < 1.29 is 0 Å². The van der Waals surface area contributed by atoms with E-state index in [-0.39, 0.29) is 5.11 Å². The fraction of sp³-hybridized carbons (Fsp3) is 0. The van der Waals surface area contributed by atoms with Crippen molar-refractivity contribution in [3.63, 3.8) is 0 Å². The minimum atomic E-state index is 0.111. The van der Waals surface area contributed by atoms with Crippen LogP contribution >= 0.6 is 23.8 Å². The van der Waals surface area contributed by atoms with E-state index in [0.717, 1.165) is 10.8 Å². The van der Waals surface area contributed by atoms with Gasteiger partial charge in [-0.2, -0.15) is 5.10 Å². The quantitative estimate of drug-likeness (QED) is 0.495. The van der Waals surface area contributed by atoms with Gasteiger partial charge in [0.2, 0.25) is 0 Å². The van der Waals surface area contributed by atoms with Gasteiger partial charge in [-0.15, -0.1) is 0 Å². The Morgan fingerprint density at radius 2 is 2.24 bits per heavy atom. The highest BCUT2D eigenvalue weighted by Crippen LogP contribution is 2.23. The maximum Gasteiger partial charge on any atom is 0.184 e. The number of thiocarbonyl (C=S) groups is 1. The summed E-state index contributed by atoms with van der Waals surface area (Å²) in [5, 5.41) is 6.52. The molecule has 0 aliphatic carbocycles. The normalized spacial score (nSPS) is 10.9. The fourth-order valence-corrected chi connectivity index (χ4v) is 1.74. The molecular weight excluding hydrogens is 256 g/mol. The number of nitrogens with zero attached hydrogens (tertiary/aromatic N) is 2. The molecule has 6 heteroatoms. The first-order chi connectivity index (χ1) is 8.18. The highest BCUT2D eigenvalue weighted by molar-refractivity contribution is 7.80. The number of aromatic nitrogens is 1. The van der Waals surface area contributed by atoms with Crippen LogP contribution in [0.4, 0.5) is 0 Å². The van der Waals surface area contributed by atoms with Crippen LogP contribution < -0.4 is 11.2 Å². The van der Waals surface area contributed by atoms with Crippen molar-refractivity contribution in [3.8, 4) is 0 Å². The average Bonchev–Trinajstić information content (AvgIpc) is 2.30. The van der Waals surface area contributed by atoms with Crippen LogP contribution in [0.5, 0.6) is 0 Å². The van der Waals surface area contributed by atoms with Gasteiger partial charge in [-0.3, -0.25) is 10.4 Å². The van der Waals surface area contributed by atoms with E-state index >= 15 is 0 Å². The maximum absolute atomic E-state index is 6.08. The number of hydrazone groups is 1. The Morgan fingerprint density at radius 1 is 1.41 bits per heavy atom. The largest absolute Gasteiger partial charge is 0.375 e. The van der Waals surface area contributed by atoms with E-state index in [1.165, 1.54) is 0 Å². The Morgan fingerprint density at radius 3 is 3.00 bits per heavy atom. The number of hydrogen-bond donors (Lipinski definition) is 2. The predicted molar refractivity (Wildman–Crippen MR) is 74.3 cm³/mol. The minimum Gasteiger partial charge on any atom is -0.375 e. The molecule has 0 amide bonds. The molecule has 1 aromatic carbocycles. The third-order valence-electron chi connectivity index (χ3n) is 2.15. The monoisotopic (exact) mass is 264 g/mol. The van der Waals surface area contributed by atoms with Crippen LogP contribution in [0.3, 0.4) is 0 Å². The van der Waals surface area contributed by atoms with E-state index < -0.39 is 0 Å². The molecule has 3 N–H and O–H groups in total. The molecule has 17 heavy (non-hydrogen) atoms. The van der Waals surface area contributed by atoms with E-state index in [1.807, 2.05) is 24.3 Å². The molecule has 0 saturated heterocycles. The Kier molecular flexibility index (Phi) is 3.51. The highest BCUT2D eigenvalue weighted by atomic mass is 35.5. The van der Waals surface area contributed by atoms with Crippen LogP contribution in [-0.2, 0) is 0 Å². The summed E-state index contributed by atoms with van der Waals surface area (Å²) in [5.74, 6) is 0. The first kappa shape index (κ1) is 11.8. The van der Waals surface area contributed by atoms with E-state index in [4.69, 9.17) is 17.3 Å². The zero-order chi connectivity index (χ0) is 12.3. The predicted octanol–water partition coefficient (Wildman–Crippen LogP) is 2.06. The highest BCUT2D eigenvalue weighted by Gasteiger charge is 2.02. The molecule has 2 rings (SSSR count). The molecule has 0 radical (unpaired) electrons. The third-order valence-corrected chi connectivity index (χ3v) is 2.57. The van der Waals surface area contributed by atoms with Crippen molar-refractivity contribution in [1.29, 1.82) is 0 Å². The van der Waals surface area contributed by atoms with Gasteiger partial charge in [0.1, 0.15) is 0 Å². The fourth-order valence-electron chi connectivity index (χ4n) is 1.45. The van der Waals surface area contributed by atoms with E-state index in [9.17, 15) is 0 Å². The molecule has 4 nitrogen and oxygen atoms in total. The van der Waals surface area contributed by atoms with Crippen molar-refractivity contribution in [3.05, 3.63) is 41.2 Å². The second-order valence-electron chi connectivity index (χ2n) is 3.27. The van der Waals surface area contributed by atoms with Gasteiger partial charge in [0, 0.05) is 22.0 Å². The number of fused-ring (bicyclic) bond motifs is 1. The Bertz CT molecular complexity index is 597. The van der Waals surface area contributed by atoms with E-state index in [1.54, 1.807) is 12.4 Å². The zero-order valence-corrected chi connectivity index (χ0v) is 10.3. The average molecular weight is 265 g/mol. The van der Waals surface area contributed by atoms with Crippen LogP contribution in [-0.4, -0.2) is 16.3 Å². The molecule has 0 atom stereocenters. The van der Waals surface area contributed by atoms with E-state index in [2.05, 4.69) is 27.7 Å². The molecule has 0 aliphatic rings. The standard InChI is InChI=1S/C11H9ClN4S/c12-9-3-1-2-8-7(9)4-5-14-10(8)6-15-16-11(13)17/h1-6H,(H3,13,16,17)/b15-6+. The number of benzene rings is 1. The van der Waals surface area contributed by atoms with Gasteiger partial charge in [-0.05, 0) is 24.4 Å². The molecule has 86 valence electrons. The van der Waals surface area contributed by atoms with Gasteiger partial charge < -0.3 is 5.73 Å². The zero-order valence-electron chi connectivity index (χ0n) is 8.72. The van der Waals surface area contributed by atoms with Crippen LogP contribution in [0.15, 0.2) is 35.6 Å². The van der Waals surface area contributed by atoms with Gasteiger partial charge >= 0.3 is 0 Å². The maximum atomic E-state index is 6.08. The number of hydrogen-bond acceptors (Lipinski definition) is 3. The van der Waals surface area contributed by atoms with E-state index in [0.29, 0.717) is 10.7 Å². The molecule has 2 aromatic rings. The third kappa shape index (κ3) is 2.69. The van der Waals surface area contributed by atoms with Crippen molar-refractivity contribution >= 4 is 45.9 Å². The molecule has 0 unspecified atom stereocenters. The smallest absolute Gasteiger partial charge is 0.184 e. The van der Waals surface area contributed by atoms with Gasteiger partial charge in [-0.25, -0.2) is 0 Å². The Labute approximate surface area is 108 Å². The van der Waals surface area contributed by atoms with Gasteiger partial charge in [0.25, 0.3) is 0 Å². The molecule has 1 aromatic heterocycles. The summed E-state index contributed by atoms with van der Waals surface area (Å²) >= 11 is 10.7. The Hall–Kier alpha value is -1.72. The first-order valence-electron chi connectivity index (χ1n) is 4.80. The first-order valence-corrected chi connectivity index (χ1v) is 5.59. The van der Waals surface area contributed by atoms with Gasteiger partial charge in [0.15, 0.2) is 5.11 Å². The number of nitrogens with two attached hydrogens (primary N) is 1. The van der Waals surface area contributed by atoms with Crippen LogP contribution in [0.25, 0.3) is 10.8 Å². The summed E-state index contributed by atoms with van der Waals surface area (Å²) < 4.78 is 0. The van der Waals surface area contributed by atoms with Crippen LogP contribution in [0.1, 0.15) is 5.69 Å². The van der Waals surface area contributed by atoms with Gasteiger partial charge in [-0.1, -0.05) is 23.7 Å². The topological polar surface area (TPSA) is 63.3 Å². The SMILES string of the molecule is NC(=S)N/N=C/c1nccc2c(Cl)cccc12. The summed E-state index contributed by atoms with van der Waals surface area (Å²) in [6.45, 7) is 0. The molecular formula is C11H9ClN4S. The number of rotatable bonds is 2. The van der Waals surface area contributed by atoms with Crippen LogP contribution in [0, 0.1) is 0 Å². The summed E-state index contributed by atoms with van der Waals surface area (Å²) in [4.78, 5) is 4.21. The molecule has 0 bridgehead atoms. The van der Waals surface area contributed by atoms with Gasteiger partial charge in [0.05, 0.1) is 11.9 Å². The number of halogens is 1.